The Bertz CT molecular complexity index is 554. The summed E-state index contributed by atoms with van der Waals surface area (Å²) in [6.07, 6.45) is 3.72. The van der Waals surface area contributed by atoms with Gasteiger partial charge in [0.25, 0.3) is 0 Å². The van der Waals surface area contributed by atoms with E-state index in [4.69, 9.17) is 4.74 Å². The van der Waals surface area contributed by atoms with Crippen LogP contribution in [-0.4, -0.2) is 32.0 Å². The summed E-state index contributed by atoms with van der Waals surface area (Å²) in [4.78, 5) is 23.3. The average Bonchev–Trinajstić information content (AvgIpc) is 2.54. The van der Waals surface area contributed by atoms with Gasteiger partial charge in [0.05, 0.1) is 12.8 Å². The van der Waals surface area contributed by atoms with Crippen molar-refractivity contribution >= 4 is 23.2 Å². The van der Waals surface area contributed by atoms with E-state index in [1.807, 2.05) is 0 Å². The molecule has 0 radical (unpaired) electrons. The third kappa shape index (κ3) is 5.56. The molecule has 6 nitrogen and oxygen atoms in total. The number of piperidine rings is 1. The molecule has 0 aliphatic carbocycles. The maximum Gasteiger partial charge on any atom is 0.224 e. The predicted octanol–water partition coefficient (Wildman–Crippen LogP) is 2.37. The van der Waals surface area contributed by atoms with Crippen LogP contribution in [0.2, 0.25) is 0 Å². The Morgan fingerprint density at radius 2 is 2.00 bits per heavy atom. The number of nitrogens with one attached hydrogen (secondary N) is 3. The number of amides is 2. The Labute approximate surface area is 137 Å². The molecule has 0 spiro atoms. The minimum Gasteiger partial charge on any atom is -0.495 e. The molecule has 1 aliphatic heterocycles. The second kappa shape index (κ2) is 8.53. The third-order valence-corrected chi connectivity index (χ3v) is 4.03. The van der Waals surface area contributed by atoms with Gasteiger partial charge in [-0.25, -0.2) is 0 Å². The Morgan fingerprint density at radius 1 is 1.26 bits per heavy atom. The quantitative estimate of drug-likeness (QED) is 0.752. The zero-order chi connectivity index (χ0) is 16.7. The molecule has 23 heavy (non-hydrogen) atoms. The fourth-order valence-electron chi connectivity index (χ4n) is 2.80. The fourth-order valence-corrected chi connectivity index (χ4v) is 2.80. The number of hydrogen-bond acceptors (Lipinski definition) is 4. The van der Waals surface area contributed by atoms with Crippen molar-refractivity contribution < 1.29 is 14.3 Å². The van der Waals surface area contributed by atoms with Crippen molar-refractivity contribution in [3.8, 4) is 5.75 Å². The molecule has 1 aliphatic rings. The van der Waals surface area contributed by atoms with Crippen LogP contribution in [0.15, 0.2) is 18.2 Å². The van der Waals surface area contributed by atoms with Crippen molar-refractivity contribution in [1.82, 2.24) is 5.32 Å². The van der Waals surface area contributed by atoms with Crippen molar-refractivity contribution in [3.05, 3.63) is 18.2 Å². The molecular weight excluding hydrogens is 294 g/mol. The average molecular weight is 319 g/mol. The molecular formula is C17H25N3O3. The molecule has 0 aromatic heterocycles. The van der Waals surface area contributed by atoms with Crippen LogP contribution < -0.4 is 20.7 Å². The van der Waals surface area contributed by atoms with Gasteiger partial charge in [-0.1, -0.05) is 0 Å². The van der Waals surface area contributed by atoms with E-state index in [9.17, 15) is 9.59 Å². The Balaban J connectivity index is 1.90. The molecule has 126 valence electrons. The largest absolute Gasteiger partial charge is 0.495 e. The first kappa shape index (κ1) is 17.3. The van der Waals surface area contributed by atoms with Gasteiger partial charge in [-0.05, 0) is 56.5 Å². The van der Waals surface area contributed by atoms with Crippen molar-refractivity contribution in [1.29, 1.82) is 0 Å². The lowest BCUT2D eigenvalue weighted by atomic mass is 9.93. The van der Waals surface area contributed by atoms with Gasteiger partial charge in [-0.2, -0.15) is 0 Å². The van der Waals surface area contributed by atoms with Crippen molar-refractivity contribution in [2.24, 2.45) is 5.92 Å². The van der Waals surface area contributed by atoms with Crippen LogP contribution in [0.4, 0.5) is 11.4 Å². The summed E-state index contributed by atoms with van der Waals surface area (Å²) < 4.78 is 5.20. The lowest BCUT2D eigenvalue weighted by molar-refractivity contribution is -0.116. The summed E-state index contributed by atoms with van der Waals surface area (Å²) in [6.45, 7) is 3.53. The second-order valence-corrected chi connectivity index (χ2v) is 5.88. The Kier molecular flexibility index (Phi) is 6.40. The van der Waals surface area contributed by atoms with E-state index in [1.165, 1.54) is 14.0 Å². The minimum absolute atomic E-state index is 0.00229. The highest BCUT2D eigenvalue weighted by atomic mass is 16.5. The maximum absolute atomic E-state index is 12.1. The molecule has 2 amide bonds. The highest BCUT2D eigenvalue weighted by molar-refractivity contribution is 5.94. The zero-order valence-corrected chi connectivity index (χ0v) is 13.8. The van der Waals surface area contributed by atoms with Crippen LogP contribution in [0.1, 0.15) is 32.6 Å². The van der Waals surface area contributed by atoms with Gasteiger partial charge in [0.2, 0.25) is 11.8 Å². The van der Waals surface area contributed by atoms with Gasteiger partial charge in [0.1, 0.15) is 5.75 Å². The van der Waals surface area contributed by atoms with E-state index in [0.29, 0.717) is 29.5 Å². The minimum atomic E-state index is -0.183. The molecule has 1 saturated heterocycles. The molecule has 0 saturated carbocycles. The summed E-state index contributed by atoms with van der Waals surface area (Å²) in [7, 11) is 1.54. The SMILES string of the molecule is COc1ccc(NC(=O)CCC2CCNCC2)cc1NC(C)=O. The predicted molar refractivity (Wildman–Crippen MR) is 90.8 cm³/mol. The van der Waals surface area contributed by atoms with Gasteiger partial charge in [-0.15, -0.1) is 0 Å². The summed E-state index contributed by atoms with van der Waals surface area (Å²) in [6, 6.07) is 5.21. The van der Waals surface area contributed by atoms with E-state index >= 15 is 0 Å². The van der Waals surface area contributed by atoms with Crippen LogP contribution in [0.3, 0.4) is 0 Å². The van der Waals surface area contributed by atoms with Crippen LogP contribution in [0, 0.1) is 5.92 Å². The third-order valence-electron chi connectivity index (χ3n) is 4.03. The first-order valence-corrected chi connectivity index (χ1v) is 8.04. The van der Waals surface area contributed by atoms with Crippen LogP contribution in [-0.2, 0) is 9.59 Å². The van der Waals surface area contributed by atoms with Crippen molar-refractivity contribution in [2.75, 3.05) is 30.8 Å². The summed E-state index contributed by atoms with van der Waals surface area (Å²) in [5, 5.41) is 8.91. The number of ether oxygens (including phenoxy) is 1. The van der Waals surface area contributed by atoms with Crippen LogP contribution in [0.5, 0.6) is 5.75 Å². The number of carbonyl (C=O) groups is 2. The number of anilines is 2. The van der Waals surface area contributed by atoms with E-state index < -0.39 is 0 Å². The van der Waals surface area contributed by atoms with Gasteiger partial charge >= 0.3 is 0 Å². The number of hydrogen-bond donors (Lipinski definition) is 3. The lowest BCUT2D eigenvalue weighted by Gasteiger charge is -2.22. The topological polar surface area (TPSA) is 79.5 Å². The maximum atomic E-state index is 12.1. The van der Waals surface area contributed by atoms with Gasteiger partial charge in [0, 0.05) is 19.0 Å². The number of rotatable bonds is 6. The molecule has 1 fully saturated rings. The first-order chi connectivity index (χ1) is 11.1. The fraction of sp³-hybridized carbons (Fsp3) is 0.529. The molecule has 1 aromatic carbocycles. The monoisotopic (exact) mass is 319 g/mol. The van der Waals surface area contributed by atoms with E-state index in [0.717, 1.165) is 32.4 Å². The zero-order valence-electron chi connectivity index (χ0n) is 13.8. The Morgan fingerprint density at radius 3 is 2.65 bits per heavy atom. The number of carbonyl (C=O) groups excluding carboxylic acids is 2. The van der Waals surface area contributed by atoms with Gasteiger partial charge < -0.3 is 20.7 Å². The van der Waals surface area contributed by atoms with Crippen LogP contribution in [0.25, 0.3) is 0 Å². The summed E-state index contributed by atoms with van der Waals surface area (Å²) >= 11 is 0. The number of benzene rings is 1. The standard InChI is InChI=1S/C17H25N3O3/c1-12(21)19-15-11-14(4-5-16(15)23-2)20-17(22)6-3-13-7-9-18-10-8-13/h4-5,11,13,18H,3,6-10H2,1-2H3,(H,19,21)(H,20,22). The number of methoxy groups -OCH3 is 1. The highest BCUT2D eigenvalue weighted by Gasteiger charge is 2.15. The molecule has 0 bridgehead atoms. The second-order valence-electron chi connectivity index (χ2n) is 5.88. The Hall–Kier alpha value is -2.08. The molecule has 3 N–H and O–H groups in total. The molecule has 1 aromatic rings. The van der Waals surface area contributed by atoms with Crippen LogP contribution >= 0.6 is 0 Å². The van der Waals surface area contributed by atoms with Gasteiger partial charge in [0.15, 0.2) is 0 Å². The van der Waals surface area contributed by atoms with Crippen molar-refractivity contribution in [3.63, 3.8) is 0 Å². The van der Waals surface area contributed by atoms with Gasteiger partial charge in [-0.3, -0.25) is 9.59 Å². The van der Waals surface area contributed by atoms with E-state index in [2.05, 4.69) is 16.0 Å². The molecule has 1 heterocycles. The first-order valence-electron chi connectivity index (χ1n) is 8.04. The molecule has 2 rings (SSSR count). The molecule has 0 atom stereocenters. The van der Waals surface area contributed by atoms with E-state index in [-0.39, 0.29) is 11.8 Å². The lowest BCUT2D eigenvalue weighted by Crippen LogP contribution is -2.28. The summed E-state index contributed by atoms with van der Waals surface area (Å²) in [5.41, 5.74) is 1.21. The van der Waals surface area contributed by atoms with Crippen molar-refractivity contribution in [2.45, 2.75) is 32.6 Å². The molecule has 6 heteroatoms. The normalized spacial score (nSPS) is 15.0. The molecule has 0 unspecified atom stereocenters. The van der Waals surface area contributed by atoms with E-state index in [1.54, 1.807) is 18.2 Å². The smallest absolute Gasteiger partial charge is 0.224 e. The summed E-state index contributed by atoms with van der Waals surface area (Å²) in [5.74, 6) is 1.01. The highest BCUT2D eigenvalue weighted by Crippen LogP contribution is 2.28.